The quantitative estimate of drug-likeness (QED) is 0.900. The number of benzene rings is 1. The van der Waals surface area contributed by atoms with Crippen LogP contribution in [-0.2, 0) is 11.3 Å². The molecule has 3 rings (SSSR count). The molecule has 1 aliphatic heterocycles. The number of nitrogens with two attached hydrogens (primary N) is 1. The van der Waals surface area contributed by atoms with E-state index in [4.69, 9.17) is 10.5 Å². The zero-order chi connectivity index (χ0) is 14.7. The van der Waals surface area contributed by atoms with E-state index in [1.807, 2.05) is 30.3 Å². The van der Waals surface area contributed by atoms with Crippen LogP contribution in [0.25, 0.3) is 0 Å². The van der Waals surface area contributed by atoms with E-state index >= 15 is 0 Å². The first-order valence-electron chi connectivity index (χ1n) is 6.72. The predicted octanol–water partition coefficient (Wildman–Crippen LogP) is 2.23. The van der Waals surface area contributed by atoms with Gasteiger partial charge in [-0.3, -0.25) is 4.90 Å². The molecule has 6 nitrogen and oxygen atoms in total. The molecule has 1 aromatic carbocycles. The number of hydrogen-bond donors (Lipinski definition) is 2. The van der Waals surface area contributed by atoms with Crippen LogP contribution in [0.3, 0.4) is 0 Å². The largest absolute Gasteiger partial charge is 0.447 e. The van der Waals surface area contributed by atoms with Crippen LogP contribution < -0.4 is 16.0 Å². The van der Waals surface area contributed by atoms with Gasteiger partial charge in [0.15, 0.2) is 0 Å². The van der Waals surface area contributed by atoms with Gasteiger partial charge >= 0.3 is 6.09 Å². The molecule has 0 bridgehead atoms. The Kier molecular flexibility index (Phi) is 3.59. The lowest BCUT2D eigenvalue weighted by atomic mass is 10.2. The number of nitrogens with zero attached hydrogens (tertiary/aromatic N) is 2. The highest BCUT2D eigenvalue weighted by molar-refractivity contribution is 5.92. The fraction of sp³-hybridized carbons (Fsp3) is 0.200. The summed E-state index contributed by atoms with van der Waals surface area (Å²) in [5.74, 6) is 0.986. The zero-order valence-electron chi connectivity index (χ0n) is 11.5. The third-order valence-corrected chi connectivity index (χ3v) is 3.27. The molecule has 1 aromatic heterocycles. The number of rotatable bonds is 4. The van der Waals surface area contributed by atoms with Gasteiger partial charge in [-0.05, 0) is 17.7 Å². The first-order chi connectivity index (χ1) is 10.2. The van der Waals surface area contributed by atoms with Crippen molar-refractivity contribution in [1.82, 2.24) is 4.98 Å². The van der Waals surface area contributed by atoms with Gasteiger partial charge in [0.25, 0.3) is 0 Å². The van der Waals surface area contributed by atoms with Gasteiger partial charge in [0.2, 0.25) is 0 Å². The van der Waals surface area contributed by atoms with E-state index in [1.54, 1.807) is 12.1 Å². The Morgan fingerprint density at radius 2 is 2.05 bits per heavy atom. The number of aromatic nitrogens is 1. The minimum atomic E-state index is -0.381. The molecule has 0 saturated carbocycles. The topological polar surface area (TPSA) is 80.5 Å². The third-order valence-electron chi connectivity index (χ3n) is 3.27. The van der Waals surface area contributed by atoms with Gasteiger partial charge in [-0.15, -0.1) is 0 Å². The summed E-state index contributed by atoms with van der Waals surface area (Å²) in [6.45, 7) is 1.55. The molecule has 1 saturated heterocycles. The Hall–Kier alpha value is -2.76. The minimum Gasteiger partial charge on any atom is -0.447 e. The Morgan fingerprint density at radius 1 is 1.24 bits per heavy atom. The number of carbonyl (C=O) groups excluding carboxylic acids is 1. The predicted molar refractivity (Wildman–Crippen MR) is 81.1 cm³/mol. The molecule has 3 N–H and O–H groups in total. The van der Waals surface area contributed by atoms with E-state index in [0.717, 1.165) is 5.56 Å². The number of anilines is 3. The lowest BCUT2D eigenvalue weighted by Crippen LogP contribution is -2.24. The SMILES string of the molecule is Nc1nc(NCc2ccccc2)ccc1N1CCOC1=O. The number of nitrogen functional groups attached to an aromatic ring is 1. The molecular weight excluding hydrogens is 268 g/mol. The summed E-state index contributed by atoms with van der Waals surface area (Å²) in [7, 11) is 0. The van der Waals surface area contributed by atoms with Crippen LogP contribution in [0, 0.1) is 0 Å². The first kappa shape index (κ1) is 13.2. The smallest absolute Gasteiger partial charge is 0.414 e. The molecule has 2 heterocycles. The van der Waals surface area contributed by atoms with Crippen LogP contribution in [0.15, 0.2) is 42.5 Å². The van der Waals surface area contributed by atoms with Crippen molar-refractivity contribution < 1.29 is 9.53 Å². The maximum atomic E-state index is 11.5. The van der Waals surface area contributed by atoms with Gasteiger partial charge in [0.05, 0.1) is 12.2 Å². The molecule has 0 radical (unpaired) electrons. The van der Waals surface area contributed by atoms with Crippen LogP contribution in [0.4, 0.5) is 22.1 Å². The van der Waals surface area contributed by atoms with E-state index < -0.39 is 0 Å². The summed E-state index contributed by atoms with van der Waals surface area (Å²) in [5, 5.41) is 3.20. The van der Waals surface area contributed by atoms with Crippen molar-refractivity contribution in [1.29, 1.82) is 0 Å². The van der Waals surface area contributed by atoms with Crippen LogP contribution in [0.2, 0.25) is 0 Å². The highest BCUT2D eigenvalue weighted by Gasteiger charge is 2.25. The normalized spacial score (nSPS) is 14.1. The van der Waals surface area contributed by atoms with Gasteiger partial charge in [0, 0.05) is 6.54 Å². The fourth-order valence-electron chi connectivity index (χ4n) is 2.19. The summed E-state index contributed by atoms with van der Waals surface area (Å²) < 4.78 is 4.90. The maximum Gasteiger partial charge on any atom is 0.414 e. The average molecular weight is 284 g/mol. The van der Waals surface area contributed by atoms with Crippen molar-refractivity contribution in [3.05, 3.63) is 48.0 Å². The van der Waals surface area contributed by atoms with E-state index in [1.165, 1.54) is 4.90 Å². The van der Waals surface area contributed by atoms with Crippen molar-refractivity contribution in [2.24, 2.45) is 0 Å². The zero-order valence-corrected chi connectivity index (χ0v) is 11.5. The number of ether oxygens (including phenoxy) is 1. The second kappa shape index (κ2) is 5.70. The maximum absolute atomic E-state index is 11.5. The van der Waals surface area contributed by atoms with E-state index in [9.17, 15) is 4.79 Å². The summed E-state index contributed by atoms with van der Waals surface area (Å²) in [5.41, 5.74) is 7.68. The molecule has 108 valence electrons. The monoisotopic (exact) mass is 284 g/mol. The number of carbonyl (C=O) groups is 1. The number of amides is 1. The lowest BCUT2D eigenvalue weighted by molar-refractivity contribution is 0.181. The fourth-order valence-corrected chi connectivity index (χ4v) is 2.19. The third kappa shape index (κ3) is 2.89. The number of nitrogens with one attached hydrogen (secondary N) is 1. The molecule has 1 fully saturated rings. The van der Waals surface area contributed by atoms with Gasteiger partial charge < -0.3 is 15.8 Å². The van der Waals surface area contributed by atoms with Crippen molar-refractivity contribution in [3.8, 4) is 0 Å². The highest BCUT2D eigenvalue weighted by atomic mass is 16.6. The summed E-state index contributed by atoms with van der Waals surface area (Å²) in [4.78, 5) is 17.3. The lowest BCUT2D eigenvalue weighted by Gasteiger charge is -2.15. The number of pyridine rings is 1. The van der Waals surface area contributed by atoms with Crippen LogP contribution >= 0.6 is 0 Å². The molecule has 21 heavy (non-hydrogen) atoms. The van der Waals surface area contributed by atoms with E-state index in [-0.39, 0.29) is 6.09 Å². The molecule has 0 spiro atoms. The Labute approximate surface area is 122 Å². The molecule has 2 aromatic rings. The number of cyclic esters (lactones) is 1. The highest BCUT2D eigenvalue weighted by Crippen LogP contribution is 2.25. The Morgan fingerprint density at radius 3 is 2.71 bits per heavy atom. The van der Waals surface area contributed by atoms with Gasteiger partial charge in [-0.25, -0.2) is 9.78 Å². The Bertz CT molecular complexity index is 645. The standard InChI is InChI=1S/C15H16N4O2/c16-14-12(19-8-9-21-15(19)20)6-7-13(18-14)17-10-11-4-2-1-3-5-11/h1-7H,8-10H2,(H3,16,17,18). The van der Waals surface area contributed by atoms with Crippen LogP contribution in [0.5, 0.6) is 0 Å². The van der Waals surface area contributed by atoms with Crippen LogP contribution in [0.1, 0.15) is 5.56 Å². The van der Waals surface area contributed by atoms with Crippen LogP contribution in [-0.4, -0.2) is 24.2 Å². The minimum absolute atomic E-state index is 0.312. The van der Waals surface area contributed by atoms with Gasteiger partial charge in [0.1, 0.15) is 18.2 Å². The number of hydrogen-bond acceptors (Lipinski definition) is 5. The van der Waals surface area contributed by atoms with Crippen molar-refractivity contribution >= 4 is 23.4 Å². The average Bonchev–Trinajstić information content (AvgIpc) is 2.92. The van der Waals surface area contributed by atoms with Gasteiger partial charge in [-0.1, -0.05) is 30.3 Å². The van der Waals surface area contributed by atoms with Crippen molar-refractivity contribution in [2.75, 3.05) is 29.1 Å². The molecule has 6 heteroatoms. The van der Waals surface area contributed by atoms with E-state index in [0.29, 0.717) is 37.0 Å². The molecule has 1 amide bonds. The molecule has 0 unspecified atom stereocenters. The summed E-state index contributed by atoms with van der Waals surface area (Å²) in [6.07, 6.45) is -0.381. The Balaban J connectivity index is 1.71. The molecular formula is C15H16N4O2. The molecule has 0 aliphatic carbocycles. The van der Waals surface area contributed by atoms with Crippen molar-refractivity contribution in [3.63, 3.8) is 0 Å². The molecule has 0 atom stereocenters. The molecule has 1 aliphatic rings. The second-order valence-electron chi connectivity index (χ2n) is 4.71. The summed E-state index contributed by atoms with van der Waals surface area (Å²) in [6, 6.07) is 13.6. The van der Waals surface area contributed by atoms with Gasteiger partial charge in [-0.2, -0.15) is 0 Å². The van der Waals surface area contributed by atoms with E-state index in [2.05, 4.69) is 10.3 Å². The second-order valence-corrected chi connectivity index (χ2v) is 4.71. The summed E-state index contributed by atoms with van der Waals surface area (Å²) >= 11 is 0. The first-order valence-corrected chi connectivity index (χ1v) is 6.72. The van der Waals surface area contributed by atoms with Crippen molar-refractivity contribution in [2.45, 2.75) is 6.54 Å².